The second kappa shape index (κ2) is 6.10. The lowest BCUT2D eigenvalue weighted by Crippen LogP contribution is -2.15. The van der Waals surface area contributed by atoms with Crippen LogP contribution in [0.3, 0.4) is 0 Å². The molecule has 0 saturated heterocycles. The number of anilines is 1. The second-order valence-electron chi connectivity index (χ2n) is 2.88. The normalized spacial score (nSPS) is 12.2. The molecule has 1 aromatic carbocycles. The summed E-state index contributed by atoms with van der Waals surface area (Å²) in [4.78, 5) is 11.7. The van der Waals surface area contributed by atoms with Crippen molar-refractivity contribution in [2.45, 2.75) is 17.3 Å². The molecule has 88 valence electrons. The molecule has 3 nitrogen and oxygen atoms in total. The molecule has 0 aromatic heterocycles. The first kappa shape index (κ1) is 13.3. The van der Waals surface area contributed by atoms with E-state index in [0.29, 0.717) is 15.1 Å². The number of alkyl halides is 1. The molecule has 0 bridgehead atoms. The maximum atomic E-state index is 13.4. The number of hydrogen-bond acceptors (Lipinski definition) is 4. The topological polar surface area (TPSA) is 52.3 Å². The van der Waals surface area contributed by atoms with Crippen LogP contribution in [0.5, 0.6) is 0 Å². The number of nitrogens with two attached hydrogens (primary N) is 1. The zero-order chi connectivity index (χ0) is 12.1. The van der Waals surface area contributed by atoms with Gasteiger partial charge in [-0.15, -0.1) is 0 Å². The van der Waals surface area contributed by atoms with E-state index in [9.17, 15) is 9.18 Å². The molecular formula is C10H11BrFNO2S. The van der Waals surface area contributed by atoms with Crippen molar-refractivity contribution < 1.29 is 13.9 Å². The summed E-state index contributed by atoms with van der Waals surface area (Å²) < 4.78 is 18.6. The van der Waals surface area contributed by atoms with Crippen LogP contribution in [0.25, 0.3) is 0 Å². The van der Waals surface area contributed by atoms with E-state index in [1.54, 1.807) is 25.1 Å². The van der Waals surface area contributed by atoms with E-state index < -0.39 is 11.5 Å². The van der Waals surface area contributed by atoms with Crippen LogP contribution in [0.15, 0.2) is 27.6 Å². The van der Waals surface area contributed by atoms with Crippen LogP contribution >= 0.6 is 27.7 Å². The van der Waals surface area contributed by atoms with Gasteiger partial charge in [0.15, 0.2) is 0 Å². The number of rotatable bonds is 4. The van der Waals surface area contributed by atoms with E-state index >= 15 is 0 Å². The predicted molar refractivity (Wildman–Crippen MR) is 65.9 cm³/mol. The first-order chi connectivity index (χ1) is 7.54. The van der Waals surface area contributed by atoms with Gasteiger partial charge in [0, 0.05) is 15.1 Å². The summed E-state index contributed by atoms with van der Waals surface area (Å²) in [5.41, 5.74) is 4.39. The maximum Gasteiger partial charge on any atom is 0.351 e. The van der Waals surface area contributed by atoms with Crippen molar-refractivity contribution in [1.82, 2.24) is 0 Å². The number of halogens is 2. The Balaban J connectivity index is 2.69. The van der Waals surface area contributed by atoms with Gasteiger partial charge in [-0.2, -0.15) is 0 Å². The molecule has 0 aliphatic rings. The second-order valence-corrected chi connectivity index (χ2v) is 4.82. The van der Waals surface area contributed by atoms with Gasteiger partial charge in [0.1, 0.15) is 0 Å². The smallest absolute Gasteiger partial charge is 0.351 e. The van der Waals surface area contributed by atoms with Gasteiger partial charge in [0.2, 0.25) is 5.50 Å². The minimum atomic E-state index is -1.72. The summed E-state index contributed by atoms with van der Waals surface area (Å²) in [5, 5.41) is 0. The van der Waals surface area contributed by atoms with Gasteiger partial charge in [0.25, 0.3) is 0 Å². The Kier molecular flexibility index (Phi) is 5.08. The predicted octanol–water partition coefficient (Wildman–Crippen LogP) is 2.98. The highest BCUT2D eigenvalue weighted by molar-refractivity contribution is 9.10. The lowest BCUT2D eigenvalue weighted by atomic mass is 10.3. The minimum absolute atomic E-state index is 0.169. The van der Waals surface area contributed by atoms with E-state index in [-0.39, 0.29) is 6.61 Å². The number of carbonyl (C=O) groups excluding carboxylic acids is 1. The standard InChI is InChI=1S/C10H11BrFNO2S/c1-2-15-10(14)9(12)16-8-4-3-6(13)5-7(8)11/h3-5,9H,2,13H2,1H3. The maximum absolute atomic E-state index is 13.4. The average Bonchev–Trinajstić information content (AvgIpc) is 2.22. The van der Waals surface area contributed by atoms with Crippen molar-refractivity contribution in [2.24, 2.45) is 0 Å². The van der Waals surface area contributed by atoms with Gasteiger partial charge < -0.3 is 10.5 Å². The number of hydrogen-bond donors (Lipinski definition) is 1. The molecule has 0 spiro atoms. The molecule has 0 heterocycles. The fraction of sp³-hybridized carbons (Fsp3) is 0.300. The van der Waals surface area contributed by atoms with Gasteiger partial charge in [-0.3, -0.25) is 0 Å². The highest BCUT2D eigenvalue weighted by Gasteiger charge is 2.20. The van der Waals surface area contributed by atoms with E-state index in [2.05, 4.69) is 20.7 Å². The van der Waals surface area contributed by atoms with Gasteiger partial charge in [-0.1, -0.05) is 11.8 Å². The Bertz CT molecular complexity index is 389. The monoisotopic (exact) mass is 307 g/mol. The summed E-state index contributed by atoms with van der Waals surface area (Å²) in [6.07, 6.45) is 0. The highest BCUT2D eigenvalue weighted by atomic mass is 79.9. The van der Waals surface area contributed by atoms with Crippen LogP contribution in [0.2, 0.25) is 0 Å². The number of esters is 1. The third kappa shape index (κ3) is 3.68. The van der Waals surface area contributed by atoms with Crippen molar-refractivity contribution in [3.63, 3.8) is 0 Å². The minimum Gasteiger partial charge on any atom is -0.463 e. The highest BCUT2D eigenvalue weighted by Crippen LogP contribution is 2.32. The Morgan fingerprint density at radius 1 is 1.69 bits per heavy atom. The molecule has 2 N–H and O–H groups in total. The van der Waals surface area contributed by atoms with E-state index in [0.717, 1.165) is 11.8 Å². The largest absolute Gasteiger partial charge is 0.463 e. The summed E-state index contributed by atoms with van der Waals surface area (Å²) in [6.45, 7) is 1.80. The van der Waals surface area contributed by atoms with Crippen LogP contribution in [0.4, 0.5) is 10.1 Å². The number of carbonyl (C=O) groups is 1. The van der Waals surface area contributed by atoms with Crippen molar-refractivity contribution in [2.75, 3.05) is 12.3 Å². The molecule has 0 amide bonds. The van der Waals surface area contributed by atoms with Gasteiger partial charge in [-0.05, 0) is 41.1 Å². The summed E-state index contributed by atoms with van der Waals surface area (Å²) in [6, 6.07) is 4.95. The van der Waals surface area contributed by atoms with Gasteiger partial charge in [0.05, 0.1) is 6.61 Å². The Morgan fingerprint density at radius 2 is 2.38 bits per heavy atom. The fourth-order valence-electron chi connectivity index (χ4n) is 0.980. The van der Waals surface area contributed by atoms with Gasteiger partial charge in [-0.25, -0.2) is 9.18 Å². The molecule has 0 aliphatic carbocycles. The van der Waals surface area contributed by atoms with Crippen LogP contribution in [-0.4, -0.2) is 18.1 Å². The van der Waals surface area contributed by atoms with Crippen molar-refractivity contribution in [3.05, 3.63) is 22.7 Å². The summed E-state index contributed by atoms with van der Waals surface area (Å²) in [5.74, 6) is -0.865. The summed E-state index contributed by atoms with van der Waals surface area (Å²) in [7, 11) is 0. The molecule has 1 aromatic rings. The SMILES string of the molecule is CCOC(=O)C(F)Sc1ccc(N)cc1Br. The quantitative estimate of drug-likeness (QED) is 0.528. The fourth-order valence-corrected chi connectivity index (χ4v) is 2.36. The zero-order valence-corrected chi connectivity index (χ0v) is 11.0. The zero-order valence-electron chi connectivity index (χ0n) is 8.57. The third-order valence-corrected chi connectivity index (χ3v) is 3.59. The molecule has 16 heavy (non-hydrogen) atoms. The van der Waals surface area contributed by atoms with E-state index in [1.807, 2.05) is 0 Å². The third-order valence-electron chi connectivity index (χ3n) is 1.66. The Morgan fingerprint density at radius 3 is 2.94 bits per heavy atom. The Hall–Kier alpha value is -0.750. The molecule has 0 aliphatic heterocycles. The van der Waals surface area contributed by atoms with Crippen LogP contribution in [0.1, 0.15) is 6.92 Å². The first-order valence-corrected chi connectivity index (χ1v) is 6.24. The molecule has 0 fully saturated rings. The van der Waals surface area contributed by atoms with Crippen LogP contribution in [0, 0.1) is 0 Å². The molecule has 6 heteroatoms. The van der Waals surface area contributed by atoms with Gasteiger partial charge >= 0.3 is 5.97 Å². The lowest BCUT2D eigenvalue weighted by Gasteiger charge is -2.08. The van der Waals surface area contributed by atoms with E-state index in [1.165, 1.54) is 0 Å². The molecule has 0 saturated carbocycles. The van der Waals surface area contributed by atoms with Crippen LogP contribution in [-0.2, 0) is 9.53 Å². The number of nitrogen functional groups attached to an aromatic ring is 1. The lowest BCUT2D eigenvalue weighted by molar-refractivity contribution is -0.145. The number of benzene rings is 1. The average molecular weight is 308 g/mol. The van der Waals surface area contributed by atoms with Crippen molar-refractivity contribution >= 4 is 39.3 Å². The Labute approximate surface area is 106 Å². The van der Waals surface area contributed by atoms with Crippen molar-refractivity contribution in [1.29, 1.82) is 0 Å². The van der Waals surface area contributed by atoms with Crippen LogP contribution < -0.4 is 5.73 Å². The molecule has 1 unspecified atom stereocenters. The number of thioether (sulfide) groups is 1. The number of ether oxygens (including phenoxy) is 1. The van der Waals surface area contributed by atoms with Crippen molar-refractivity contribution in [3.8, 4) is 0 Å². The molecule has 1 atom stereocenters. The summed E-state index contributed by atoms with van der Waals surface area (Å²) >= 11 is 4.03. The van der Waals surface area contributed by atoms with E-state index in [4.69, 9.17) is 5.73 Å². The molecule has 0 radical (unpaired) electrons. The first-order valence-electron chi connectivity index (χ1n) is 4.57. The molecular weight excluding hydrogens is 297 g/mol. The molecule has 1 rings (SSSR count).